The van der Waals surface area contributed by atoms with E-state index in [1.54, 1.807) is 0 Å². The molecule has 3 N–H and O–H groups in total. The standard InChI is InChI=1S/C14H26N6O/c1-10(2)9-19-5-7-20(8-6-19)14-12(13(15)17-21)11(3)16-18(14)4/h10,21H,5-9H2,1-4H3,(H2,15,17). The van der Waals surface area contributed by atoms with Gasteiger partial charge in [0, 0.05) is 39.8 Å². The van der Waals surface area contributed by atoms with Gasteiger partial charge < -0.3 is 15.8 Å². The number of hydrogen-bond donors (Lipinski definition) is 2. The molecule has 0 aromatic carbocycles. The van der Waals surface area contributed by atoms with Crippen LogP contribution in [0.25, 0.3) is 0 Å². The molecular weight excluding hydrogens is 268 g/mol. The van der Waals surface area contributed by atoms with Gasteiger partial charge in [-0.15, -0.1) is 0 Å². The van der Waals surface area contributed by atoms with Crippen LogP contribution in [0.1, 0.15) is 25.1 Å². The van der Waals surface area contributed by atoms with E-state index in [2.05, 4.69) is 33.9 Å². The van der Waals surface area contributed by atoms with Crippen molar-refractivity contribution in [2.24, 2.45) is 23.9 Å². The first kappa shape index (κ1) is 15.6. The number of nitrogens with zero attached hydrogens (tertiary/aromatic N) is 5. The van der Waals surface area contributed by atoms with Crippen LogP contribution in [-0.4, -0.2) is 58.4 Å². The normalized spacial score (nSPS) is 17.8. The summed E-state index contributed by atoms with van der Waals surface area (Å²) in [7, 11) is 1.90. The summed E-state index contributed by atoms with van der Waals surface area (Å²) in [4.78, 5) is 4.75. The third kappa shape index (κ3) is 3.29. The second kappa shape index (κ2) is 6.34. The van der Waals surface area contributed by atoms with Crippen LogP contribution in [-0.2, 0) is 7.05 Å². The first-order valence-electron chi connectivity index (χ1n) is 7.42. The number of piperazine rings is 1. The molecule has 1 aliphatic rings. The summed E-state index contributed by atoms with van der Waals surface area (Å²) < 4.78 is 1.82. The van der Waals surface area contributed by atoms with Crippen LogP contribution >= 0.6 is 0 Å². The van der Waals surface area contributed by atoms with Crippen molar-refractivity contribution < 1.29 is 5.21 Å². The fraction of sp³-hybridized carbons (Fsp3) is 0.714. The summed E-state index contributed by atoms with van der Waals surface area (Å²) >= 11 is 0. The Labute approximate surface area is 126 Å². The van der Waals surface area contributed by atoms with Crippen molar-refractivity contribution >= 4 is 11.7 Å². The molecule has 0 spiro atoms. The van der Waals surface area contributed by atoms with E-state index < -0.39 is 0 Å². The Balaban J connectivity index is 2.17. The molecule has 0 unspecified atom stereocenters. The molecular formula is C14H26N6O. The molecule has 21 heavy (non-hydrogen) atoms. The molecule has 7 nitrogen and oxygen atoms in total. The van der Waals surface area contributed by atoms with Crippen molar-refractivity contribution in [1.82, 2.24) is 14.7 Å². The molecule has 1 saturated heterocycles. The maximum absolute atomic E-state index is 8.99. The van der Waals surface area contributed by atoms with Crippen molar-refractivity contribution in [1.29, 1.82) is 0 Å². The summed E-state index contributed by atoms with van der Waals surface area (Å²) in [6.07, 6.45) is 0. The highest BCUT2D eigenvalue weighted by molar-refractivity contribution is 6.02. The van der Waals surface area contributed by atoms with Gasteiger partial charge >= 0.3 is 0 Å². The van der Waals surface area contributed by atoms with E-state index in [0.717, 1.165) is 49.8 Å². The molecule has 1 aromatic rings. The lowest BCUT2D eigenvalue weighted by atomic mass is 10.1. The van der Waals surface area contributed by atoms with Gasteiger partial charge in [0.05, 0.1) is 11.3 Å². The van der Waals surface area contributed by atoms with Gasteiger partial charge in [0.2, 0.25) is 0 Å². The second-order valence-corrected chi connectivity index (χ2v) is 6.07. The number of aryl methyl sites for hydroxylation is 2. The second-order valence-electron chi connectivity index (χ2n) is 6.07. The first-order chi connectivity index (χ1) is 9.93. The molecule has 0 bridgehead atoms. The van der Waals surface area contributed by atoms with Gasteiger partial charge in [-0.3, -0.25) is 9.58 Å². The Morgan fingerprint density at radius 3 is 2.48 bits per heavy atom. The summed E-state index contributed by atoms with van der Waals surface area (Å²) in [6.45, 7) is 11.4. The fourth-order valence-corrected chi connectivity index (χ4v) is 3.02. The van der Waals surface area contributed by atoms with E-state index in [1.807, 2.05) is 18.7 Å². The lowest BCUT2D eigenvalue weighted by Crippen LogP contribution is -2.48. The maximum Gasteiger partial charge on any atom is 0.175 e. The Morgan fingerprint density at radius 2 is 1.95 bits per heavy atom. The Bertz CT molecular complexity index is 514. The van der Waals surface area contributed by atoms with E-state index in [0.29, 0.717) is 5.92 Å². The van der Waals surface area contributed by atoms with Gasteiger partial charge in [0.15, 0.2) is 5.84 Å². The van der Waals surface area contributed by atoms with Crippen LogP contribution in [0.5, 0.6) is 0 Å². The minimum absolute atomic E-state index is 0.125. The van der Waals surface area contributed by atoms with Gasteiger partial charge in [0.1, 0.15) is 5.82 Å². The molecule has 7 heteroatoms. The highest BCUT2D eigenvalue weighted by Crippen LogP contribution is 2.24. The van der Waals surface area contributed by atoms with Gasteiger partial charge in [-0.25, -0.2) is 0 Å². The van der Waals surface area contributed by atoms with Crippen molar-refractivity contribution in [3.63, 3.8) is 0 Å². The van der Waals surface area contributed by atoms with Crippen molar-refractivity contribution in [2.75, 3.05) is 37.6 Å². The average Bonchev–Trinajstić information content (AvgIpc) is 2.73. The lowest BCUT2D eigenvalue weighted by molar-refractivity contribution is 0.230. The van der Waals surface area contributed by atoms with E-state index in [9.17, 15) is 0 Å². The third-order valence-electron chi connectivity index (χ3n) is 3.85. The van der Waals surface area contributed by atoms with Crippen LogP contribution < -0.4 is 10.6 Å². The zero-order chi connectivity index (χ0) is 15.6. The molecule has 0 saturated carbocycles. The quantitative estimate of drug-likeness (QED) is 0.368. The number of amidine groups is 1. The first-order valence-corrected chi connectivity index (χ1v) is 7.42. The minimum Gasteiger partial charge on any atom is -0.409 e. The molecule has 0 radical (unpaired) electrons. The minimum atomic E-state index is 0.125. The smallest absolute Gasteiger partial charge is 0.175 e. The van der Waals surface area contributed by atoms with Gasteiger partial charge in [-0.2, -0.15) is 5.10 Å². The SMILES string of the molecule is Cc1nn(C)c(N2CCN(CC(C)C)CC2)c1C(N)=NO. The number of aromatic nitrogens is 2. The van der Waals surface area contributed by atoms with E-state index in [1.165, 1.54) is 0 Å². The zero-order valence-corrected chi connectivity index (χ0v) is 13.4. The van der Waals surface area contributed by atoms with Crippen LogP contribution in [0.4, 0.5) is 5.82 Å². The number of oxime groups is 1. The molecule has 0 amide bonds. The highest BCUT2D eigenvalue weighted by Gasteiger charge is 2.25. The van der Waals surface area contributed by atoms with Crippen LogP contribution in [0.2, 0.25) is 0 Å². The fourth-order valence-electron chi connectivity index (χ4n) is 3.02. The maximum atomic E-state index is 8.99. The molecule has 1 aromatic heterocycles. The molecule has 2 heterocycles. The predicted molar refractivity (Wildman–Crippen MR) is 83.9 cm³/mol. The van der Waals surface area contributed by atoms with Crippen molar-refractivity contribution in [2.45, 2.75) is 20.8 Å². The van der Waals surface area contributed by atoms with E-state index >= 15 is 0 Å². The van der Waals surface area contributed by atoms with E-state index in [-0.39, 0.29) is 5.84 Å². The number of rotatable bonds is 4. The molecule has 1 fully saturated rings. The van der Waals surface area contributed by atoms with Gasteiger partial charge in [0.25, 0.3) is 0 Å². The number of hydrogen-bond acceptors (Lipinski definition) is 5. The van der Waals surface area contributed by atoms with Crippen LogP contribution in [0, 0.1) is 12.8 Å². The monoisotopic (exact) mass is 294 g/mol. The summed E-state index contributed by atoms with van der Waals surface area (Å²) in [5.41, 5.74) is 7.34. The highest BCUT2D eigenvalue weighted by atomic mass is 16.4. The summed E-state index contributed by atoms with van der Waals surface area (Å²) in [6, 6.07) is 0. The summed E-state index contributed by atoms with van der Waals surface area (Å²) in [5, 5.41) is 16.5. The molecule has 2 rings (SSSR count). The molecule has 0 aliphatic carbocycles. The Kier molecular flexibility index (Phi) is 4.72. The van der Waals surface area contributed by atoms with E-state index in [4.69, 9.17) is 10.9 Å². The van der Waals surface area contributed by atoms with Crippen LogP contribution in [0.15, 0.2) is 5.16 Å². The number of anilines is 1. The van der Waals surface area contributed by atoms with Gasteiger partial charge in [-0.05, 0) is 12.8 Å². The van der Waals surface area contributed by atoms with Crippen molar-refractivity contribution in [3.05, 3.63) is 11.3 Å². The van der Waals surface area contributed by atoms with Crippen molar-refractivity contribution in [3.8, 4) is 0 Å². The third-order valence-corrected chi connectivity index (χ3v) is 3.85. The molecule has 1 aliphatic heterocycles. The predicted octanol–water partition coefficient (Wildman–Crippen LogP) is 0.601. The van der Waals surface area contributed by atoms with Gasteiger partial charge in [-0.1, -0.05) is 19.0 Å². The Morgan fingerprint density at radius 1 is 1.33 bits per heavy atom. The number of nitrogens with two attached hydrogens (primary N) is 1. The topological polar surface area (TPSA) is 82.9 Å². The summed E-state index contributed by atoms with van der Waals surface area (Å²) in [5.74, 6) is 1.75. The lowest BCUT2D eigenvalue weighted by Gasteiger charge is -2.37. The molecule has 118 valence electrons. The average molecular weight is 294 g/mol. The zero-order valence-electron chi connectivity index (χ0n) is 13.4. The van der Waals surface area contributed by atoms with Crippen LogP contribution in [0.3, 0.4) is 0 Å². The Hall–Kier alpha value is -1.76. The largest absolute Gasteiger partial charge is 0.409 e. The molecule has 0 atom stereocenters.